The molecule has 0 bridgehead atoms. The lowest BCUT2D eigenvalue weighted by Gasteiger charge is -2.32. The molecule has 0 saturated carbocycles. The molecule has 8 aromatic rings. The van der Waals surface area contributed by atoms with Crippen LogP contribution in [0.3, 0.4) is 0 Å². The number of pyridine rings is 3. The molecule has 0 spiro atoms. The fourth-order valence-electron chi connectivity index (χ4n) is 11.0. The number of likely N-dealkylation sites (tertiary alicyclic amines) is 2. The summed E-state index contributed by atoms with van der Waals surface area (Å²) >= 11 is 0. The van der Waals surface area contributed by atoms with Crippen molar-refractivity contribution in [3.05, 3.63) is 276 Å². The Morgan fingerprint density at radius 2 is 0.756 bits per heavy atom. The van der Waals surface area contributed by atoms with E-state index in [-0.39, 0.29) is 54.8 Å². The predicted octanol–water partition coefficient (Wildman–Crippen LogP) is 9.94. The van der Waals surface area contributed by atoms with E-state index in [1.54, 1.807) is 33.8 Å². The fraction of sp³-hybridized carbons (Fsp3) is 0.338. The minimum Gasteiger partial charge on any atom is -0.503 e. The van der Waals surface area contributed by atoms with Crippen molar-refractivity contribution in [2.24, 2.45) is 0 Å². The lowest BCUT2D eigenvalue weighted by molar-refractivity contribution is 0.190. The van der Waals surface area contributed by atoms with Gasteiger partial charge >= 0.3 is 0 Å². The van der Waals surface area contributed by atoms with Crippen LogP contribution >= 0.6 is 0 Å². The maximum absolute atomic E-state index is 12.5. The molecule has 5 aromatic carbocycles. The third-order valence-corrected chi connectivity index (χ3v) is 16.0. The second-order valence-corrected chi connectivity index (χ2v) is 22.2. The first kappa shape index (κ1) is 65.2. The summed E-state index contributed by atoms with van der Waals surface area (Å²) in [7, 11) is 0. The van der Waals surface area contributed by atoms with Crippen LogP contribution in [0.2, 0.25) is 0 Å². The van der Waals surface area contributed by atoms with Crippen LogP contribution in [0.15, 0.2) is 215 Å². The molecule has 3 aliphatic heterocycles. The molecule has 86 heavy (non-hydrogen) atoms. The summed E-state index contributed by atoms with van der Waals surface area (Å²) in [5.74, 6) is -0.490. The van der Waals surface area contributed by atoms with Gasteiger partial charge in [-0.15, -0.1) is 0 Å². The lowest BCUT2D eigenvalue weighted by Crippen LogP contribution is -2.42. The third kappa shape index (κ3) is 19.1. The van der Waals surface area contributed by atoms with E-state index in [4.69, 9.17) is 0 Å². The Morgan fingerprint density at radius 1 is 0.419 bits per heavy atom. The Hall–Kier alpha value is -8.31. The van der Waals surface area contributed by atoms with Crippen LogP contribution in [-0.4, -0.2) is 89.7 Å². The highest BCUT2D eigenvalue weighted by molar-refractivity contribution is 5.32. The monoisotopic (exact) mass is 1160 g/mol. The lowest BCUT2D eigenvalue weighted by atomic mass is 10.0. The van der Waals surface area contributed by atoms with Crippen LogP contribution in [0, 0.1) is 0 Å². The van der Waals surface area contributed by atoms with E-state index in [2.05, 4.69) is 92.2 Å². The van der Waals surface area contributed by atoms with Gasteiger partial charge in [0.2, 0.25) is 0 Å². The molecular weight excluding hydrogens is 1070 g/mol. The molecule has 7 N–H and O–H groups in total. The molecule has 11 rings (SSSR count). The minimum atomic E-state index is -0.360. The Balaban J connectivity index is 0.000000183. The van der Waals surface area contributed by atoms with Gasteiger partial charge in [-0.3, -0.25) is 24.2 Å². The van der Waals surface area contributed by atoms with Gasteiger partial charge < -0.3 is 50.3 Å². The number of aromatic nitrogens is 3. The smallest absolute Gasteiger partial charge is 0.293 e. The molecule has 0 amide bonds. The van der Waals surface area contributed by atoms with Crippen LogP contribution in [0.25, 0.3) is 0 Å². The number of hydrogen-bond acceptors (Lipinski definition) is 12. The molecule has 15 heteroatoms. The number of rotatable bonds is 19. The summed E-state index contributed by atoms with van der Waals surface area (Å²) in [6.45, 7) is 13.9. The van der Waals surface area contributed by atoms with E-state index < -0.39 is 0 Å². The van der Waals surface area contributed by atoms with Crippen molar-refractivity contribution >= 4 is 0 Å². The van der Waals surface area contributed by atoms with Gasteiger partial charge in [-0.2, -0.15) is 0 Å². The first-order chi connectivity index (χ1) is 41.0. The molecule has 2 unspecified atom stereocenters. The maximum Gasteiger partial charge on any atom is 0.293 e. The normalized spacial score (nSPS) is 16.2. The highest BCUT2D eigenvalue weighted by atomic mass is 16.3. The molecule has 3 saturated heterocycles. The van der Waals surface area contributed by atoms with Crippen molar-refractivity contribution in [1.82, 2.24) is 44.8 Å². The number of hydrogen-bond donors (Lipinski definition) is 7. The molecule has 0 aliphatic carbocycles. The van der Waals surface area contributed by atoms with E-state index in [0.29, 0.717) is 68.0 Å². The van der Waals surface area contributed by atoms with E-state index in [0.717, 1.165) is 107 Å². The summed E-state index contributed by atoms with van der Waals surface area (Å²) < 4.78 is 4.63. The Labute approximate surface area is 508 Å². The molecule has 15 nitrogen and oxygen atoms in total. The van der Waals surface area contributed by atoms with Crippen molar-refractivity contribution in [2.45, 2.75) is 124 Å². The van der Waals surface area contributed by atoms with Gasteiger partial charge in [-0.05, 0) is 97.6 Å². The van der Waals surface area contributed by atoms with Gasteiger partial charge in [0.05, 0.1) is 19.6 Å². The number of piperidine rings is 1. The summed E-state index contributed by atoms with van der Waals surface area (Å²) in [6, 6.07) is 56.8. The molecule has 454 valence electrons. The zero-order valence-corrected chi connectivity index (χ0v) is 48.1. The zero-order valence-electron chi connectivity index (χ0n) is 48.1. The van der Waals surface area contributed by atoms with Crippen LogP contribution in [0.5, 0.6) is 17.2 Å². The quantitative estimate of drug-likeness (QED) is 0.0408. The molecule has 3 aromatic heterocycles. The van der Waals surface area contributed by atoms with Crippen molar-refractivity contribution in [1.29, 1.82) is 0 Å². The Kier molecular flexibility index (Phi) is 25.3. The molecular formula is C71H89N9O6. The van der Waals surface area contributed by atoms with Crippen LogP contribution < -0.4 is 37.9 Å². The van der Waals surface area contributed by atoms with Crippen LogP contribution in [0.4, 0.5) is 0 Å². The standard InChI is InChI=1S/C25H29N3O2.C24H27N3O2.C20H25N3O2.2CH4/c29-24-22(11-16-28(25(24)30)19-21-9-5-2-6-10-21)17-26-23-12-14-27(15-13-23)18-20-7-3-1-4-8-20;28-23-21(11-14-27(24(23)29)17-20-9-5-2-6-10-20)15-25-22-12-13-26(18-22)16-19-7-3-1-4-8-19;1-15-18(9-5-6-11-21-15)22-13-17-10-12-23(20(25)19(17)24)14-16-7-3-2-4-8-16;;/h1-11,16,23,26,29H,12-15,17-19H2;1-11,14,22,25,28H,12-13,15-18H2;2-4,7-8,10,12,18,21-22,24H,1,5-6,9,11,13-14H2;2*1H4. The highest BCUT2D eigenvalue weighted by Gasteiger charge is 2.24. The minimum absolute atomic E-state index is 0. The van der Waals surface area contributed by atoms with E-state index in [1.807, 2.05) is 109 Å². The topological polar surface area (TPSA) is 181 Å². The van der Waals surface area contributed by atoms with Crippen molar-refractivity contribution in [3.8, 4) is 17.2 Å². The van der Waals surface area contributed by atoms with Gasteiger partial charge in [0.25, 0.3) is 16.7 Å². The average Bonchev–Trinajstić information content (AvgIpc) is 4.05. The SMILES string of the molecule is C.C.C=C1NCCCCC1NCc1ccn(Cc2ccccc2)c(=O)c1O.O=c1c(O)c(CNC2CCN(Cc3ccccc3)C2)ccn1Cc1ccccc1.O=c1c(O)c(CNC2CCN(Cc3ccccc3)CC2)ccn1Cc1ccccc1. The van der Waals surface area contributed by atoms with Crippen molar-refractivity contribution in [3.63, 3.8) is 0 Å². The van der Waals surface area contributed by atoms with Gasteiger partial charge in [0.1, 0.15) is 0 Å². The number of nitrogens with zero attached hydrogens (tertiary/aromatic N) is 5. The third-order valence-electron chi connectivity index (χ3n) is 16.0. The summed E-state index contributed by atoms with van der Waals surface area (Å²) in [4.78, 5) is 42.4. The van der Waals surface area contributed by atoms with Crippen molar-refractivity contribution < 1.29 is 15.3 Å². The molecule has 0 radical (unpaired) electrons. The van der Waals surface area contributed by atoms with Gasteiger partial charge in [0.15, 0.2) is 17.2 Å². The summed E-state index contributed by atoms with van der Waals surface area (Å²) in [5.41, 5.74) is 7.64. The van der Waals surface area contributed by atoms with Crippen LogP contribution in [0.1, 0.15) is 97.9 Å². The number of aromatic hydroxyl groups is 3. The second-order valence-electron chi connectivity index (χ2n) is 22.2. The summed E-state index contributed by atoms with van der Waals surface area (Å²) in [6.07, 6.45) is 11.8. The molecule has 3 aliphatic rings. The average molecular weight is 1160 g/mol. The first-order valence-electron chi connectivity index (χ1n) is 29.5. The predicted molar refractivity (Wildman–Crippen MR) is 347 cm³/mol. The molecule has 6 heterocycles. The van der Waals surface area contributed by atoms with Gasteiger partial charge in [-0.25, -0.2) is 0 Å². The zero-order chi connectivity index (χ0) is 58.5. The maximum atomic E-state index is 12.5. The molecule has 3 fully saturated rings. The highest BCUT2D eigenvalue weighted by Crippen LogP contribution is 2.20. The van der Waals surface area contributed by atoms with Gasteiger partial charge in [0, 0.05) is 111 Å². The van der Waals surface area contributed by atoms with E-state index in [9.17, 15) is 29.7 Å². The Morgan fingerprint density at radius 3 is 1.16 bits per heavy atom. The van der Waals surface area contributed by atoms with E-state index >= 15 is 0 Å². The number of nitrogens with one attached hydrogen (secondary N) is 4. The number of benzene rings is 5. The van der Waals surface area contributed by atoms with Crippen molar-refractivity contribution in [2.75, 3.05) is 32.7 Å². The van der Waals surface area contributed by atoms with Gasteiger partial charge in [-0.1, -0.05) is 173 Å². The Bertz CT molecular complexity index is 3500. The largest absolute Gasteiger partial charge is 0.503 e. The fourth-order valence-corrected chi connectivity index (χ4v) is 11.0. The first-order valence-corrected chi connectivity index (χ1v) is 29.5. The molecule has 2 atom stereocenters. The summed E-state index contributed by atoms with van der Waals surface area (Å²) in [5, 5.41) is 44.8. The second kappa shape index (κ2) is 33.4. The van der Waals surface area contributed by atoms with E-state index in [1.165, 1.54) is 15.7 Å². The van der Waals surface area contributed by atoms with Crippen LogP contribution in [-0.2, 0) is 52.4 Å².